The molecule has 0 radical (unpaired) electrons. The molecular weight excluding hydrogens is 210 g/mol. The van der Waals surface area contributed by atoms with E-state index < -0.39 is 0 Å². The molecule has 2 N–H and O–H groups in total. The smallest absolute Gasteiger partial charge is 0.126 e. The second-order valence-electron chi connectivity index (χ2n) is 6.47. The second kappa shape index (κ2) is 4.35. The number of hydrogen-bond acceptors (Lipinski definition) is 2. The minimum Gasteiger partial charge on any atom is -0.384 e. The fraction of sp³-hybridized carbons (Fsp3) is 0.786. The zero-order valence-electron chi connectivity index (χ0n) is 11.6. The summed E-state index contributed by atoms with van der Waals surface area (Å²) in [7, 11) is 0. The Bertz CT molecular complexity index is 394. The van der Waals surface area contributed by atoms with E-state index in [1.807, 2.05) is 0 Å². The van der Waals surface area contributed by atoms with E-state index >= 15 is 0 Å². The first-order valence-electron chi connectivity index (χ1n) is 6.77. The molecule has 2 rings (SSSR count). The summed E-state index contributed by atoms with van der Waals surface area (Å²) in [6.07, 6.45) is 4.66. The van der Waals surface area contributed by atoms with E-state index in [4.69, 9.17) is 10.7 Å². The van der Waals surface area contributed by atoms with Gasteiger partial charge in [0.05, 0.1) is 5.69 Å². The van der Waals surface area contributed by atoms with Crippen molar-refractivity contribution in [2.75, 3.05) is 5.73 Å². The third kappa shape index (κ3) is 2.82. The number of rotatable bonds is 4. The van der Waals surface area contributed by atoms with E-state index in [-0.39, 0.29) is 5.41 Å². The highest BCUT2D eigenvalue weighted by Gasteiger charge is 2.31. The van der Waals surface area contributed by atoms with Gasteiger partial charge in [0.25, 0.3) is 0 Å². The number of hydrogen-bond donors (Lipinski definition) is 1. The Balaban J connectivity index is 2.30. The lowest BCUT2D eigenvalue weighted by atomic mass is 9.90. The van der Waals surface area contributed by atoms with Gasteiger partial charge in [0.15, 0.2) is 0 Å². The molecule has 0 bridgehead atoms. The van der Waals surface area contributed by atoms with Gasteiger partial charge in [0.1, 0.15) is 11.6 Å². The fourth-order valence-electron chi connectivity index (χ4n) is 2.28. The Hall–Kier alpha value is -0.990. The Morgan fingerprint density at radius 3 is 2.47 bits per heavy atom. The van der Waals surface area contributed by atoms with E-state index in [1.165, 1.54) is 18.7 Å². The lowest BCUT2D eigenvalue weighted by molar-refractivity contribution is 0.407. The van der Waals surface area contributed by atoms with Crippen LogP contribution in [0.5, 0.6) is 0 Å². The summed E-state index contributed by atoms with van der Waals surface area (Å²) in [4.78, 5) is 4.81. The van der Waals surface area contributed by atoms with Crippen molar-refractivity contribution in [3.05, 3.63) is 11.5 Å². The van der Waals surface area contributed by atoms with Crippen molar-refractivity contribution in [1.29, 1.82) is 0 Å². The van der Waals surface area contributed by atoms with Crippen LogP contribution >= 0.6 is 0 Å². The number of aromatic nitrogens is 2. The van der Waals surface area contributed by atoms with Gasteiger partial charge in [-0.3, -0.25) is 0 Å². The third-order valence-electron chi connectivity index (χ3n) is 3.20. The Labute approximate surface area is 104 Å². The van der Waals surface area contributed by atoms with Gasteiger partial charge in [-0.2, -0.15) is 0 Å². The molecule has 0 atom stereocenters. The van der Waals surface area contributed by atoms with Crippen molar-refractivity contribution in [3.8, 4) is 0 Å². The number of nitrogens with zero attached hydrogens (tertiary/aromatic N) is 2. The van der Waals surface area contributed by atoms with Crippen LogP contribution in [-0.2, 0) is 13.0 Å². The fourth-order valence-corrected chi connectivity index (χ4v) is 2.28. The standard InChI is InChI=1S/C14H25N3/c1-5-8-17-12(15)11(9-14(2,3)4)16-13(17)10-6-7-10/h10H,5-9,15H2,1-4H3. The van der Waals surface area contributed by atoms with Crippen molar-refractivity contribution >= 4 is 5.82 Å². The predicted octanol–water partition coefficient (Wildman–Crippen LogP) is 3.34. The summed E-state index contributed by atoms with van der Waals surface area (Å²) in [5.41, 5.74) is 7.62. The molecule has 17 heavy (non-hydrogen) atoms. The minimum atomic E-state index is 0.250. The second-order valence-corrected chi connectivity index (χ2v) is 6.47. The van der Waals surface area contributed by atoms with Crippen molar-refractivity contribution in [3.63, 3.8) is 0 Å². The number of nitrogen functional groups attached to an aromatic ring is 1. The molecule has 0 saturated heterocycles. The molecule has 1 aliphatic rings. The summed E-state index contributed by atoms with van der Waals surface area (Å²) in [6.45, 7) is 9.92. The maximum atomic E-state index is 6.26. The lowest BCUT2D eigenvalue weighted by Crippen LogP contribution is -2.12. The molecule has 0 aliphatic heterocycles. The minimum absolute atomic E-state index is 0.250. The van der Waals surface area contributed by atoms with Gasteiger partial charge in [-0.05, 0) is 31.1 Å². The van der Waals surface area contributed by atoms with Crippen LogP contribution in [0.25, 0.3) is 0 Å². The predicted molar refractivity (Wildman–Crippen MR) is 72.1 cm³/mol. The van der Waals surface area contributed by atoms with Crippen LogP contribution in [0.4, 0.5) is 5.82 Å². The zero-order chi connectivity index (χ0) is 12.6. The first-order chi connectivity index (χ1) is 7.92. The topological polar surface area (TPSA) is 43.8 Å². The van der Waals surface area contributed by atoms with Crippen LogP contribution in [-0.4, -0.2) is 9.55 Å². The SMILES string of the molecule is CCCn1c(C2CC2)nc(CC(C)(C)C)c1N. The van der Waals surface area contributed by atoms with Crippen LogP contribution in [0, 0.1) is 5.41 Å². The van der Waals surface area contributed by atoms with Crippen LogP contribution in [0.3, 0.4) is 0 Å². The lowest BCUT2D eigenvalue weighted by Gasteiger charge is -2.16. The molecule has 1 fully saturated rings. The summed E-state index contributed by atoms with van der Waals surface area (Å²) in [6, 6.07) is 0. The highest BCUT2D eigenvalue weighted by molar-refractivity contribution is 5.40. The molecule has 0 spiro atoms. The first-order valence-corrected chi connectivity index (χ1v) is 6.77. The Morgan fingerprint density at radius 1 is 1.35 bits per heavy atom. The third-order valence-corrected chi connectivity index (χ3v) is 3.20. The highest BCUT2D eigenvalue weighted by Crippen LogP contribution is 2.41. The van der Waals surface area contributed by atoms with Gasteiger partial charge in [0, 0.05) is 12.5 Å². The van der Waals surface area contributed by atoms with Gasteiger partial charge < -0.3 is 10.3 Å². The van der Waals surface area contributed by atoms with Crippen LogP contribution in [0.1, 0.15) is 64.4 Å². The largest absolute Gasteiger partial charge is 0.384 e. The van der Waals surface area contributed by atoms with Gasteiger partial charge in [-0.25, -0.2) is 4.98 Å². The molecule has 1 saturated carbocycles. The monoisotopic (exact) mass is 235 g/mol. The van der Waals surface area contributed by atoms with Crippen LogP contribution in [0.15, 0.2) is 0 Å². The quantitative estimate of drug-likeness (QED) is 0.869. The number of nitrogens with two attached hydrogens (primary N) is 1. The molecule has 0 unspecified atom stereocenters. The molecular formula is C14H25N3. The molecule has 96 valence electrons. The first kappa shape index (κ1) is 12.5. The van der Waals surface area contributed by atoms with Crippen molar-refractivity contribution in [1.82, 2.24) is 9.55 Å². The average Bonchev–Trinajstić information content (AvgIpc) is 2.98. The average molecular weight is 235 g/mol. The normalized spacial score (nSPS) is 16.5. The molecule has 1 aromatic rings. The molecule has 3 nitrogen and oxygen atoms in total. The molecule has 1 aromatic heterocycles. The molecule has 3 heteroatoms. The Morgan fingerprint density at radius 2 is 2.00 bits per heavy atom. The van der Waals surface area contributed by atoms with E-state index in [0.717, 1.165) is 30.9 Å². The summed E-state index contributed by atoms with van der Waals surface area (Å²) in [5, 5.41) is 0. The molecule has 1 aliphatic carbocycles. The highest BCUT2D eigenvalue weighted by atomic mass is 15.1. The zero-order valence-corrected chi connectivity index (χ0v) is 11.6. The number of anilines is 1. The van der Waals surface area contributed by atoms with Gasteiger partial charge in [0.2, 0.25) is 0 Å². The van der Waals surface area contributed by atoms with Crippen molar-refractivity contribution in [2.24, 2.45) is 5.41 Å². The van der Waals surface area contributed by atoms with E-state index in [2.05, 4.69) is 32.3 Å². The molecule has 1 heterocycles. The van der Waals surface area contributed by atoms with Crippen LogP contribution in [0.2, 0.25) is 0 Å². The van der Waals surface area contributed by atoms with Gasteiger partial charge in [-0.1, -0.05) is 27.7 Å². The van der Waals surface area contributed by atoms with E-state index in [1.54, 1.807) is 0 Å². The van der Waals surface area contributed by atoms with Gasteiger partial charge in [-0.15, -0.1) is 0 Å². The van der Waals surface area contributed by atoms with E-state index in [9.17, 15) is 0 Å². The Kier molecular flexibility index (Phi) is 3.19. The molecule has 0 aromatic carbocycles. The van der Waals surface area contributed by atoms with Crippen molar-refractivity contribution in [2.45, 2.75) is 65.8 Å². The summed E-state index contributed by atoms with van der Waals surface area (Å²) < 4.78 is 2.25. The van der Waals surface area contributed by atoms with E-state index in [0.29, 0.717) is 5.92 Å². The summed E-state index contributed by atoms with van der Waals surface area (Å²) in [5.74, 6) is 2.82. The number of imidazole rings is 1. The van der Waals surface area contributed by atoms with Crippen molar-refractivity contribution < 1.29 is 0 Å². The maximum Gasteiger partial charge on any atom is 0.126 e. The maximum absolute atomic E-state index is 6.26. The van der Waals surface area contributed by atoms with Crippen LogP contribution < -0.4 is 5.73 Å². The summed E-state index contributed by atoms with van der Waals surface area (Å²) >= 11 is 0. The molecule has 0 amide bonds. The van der Waals surface area contributed by atoms with Gasteiger partial charge >= 0.3 is 0 Å².